The predicted molar refractivity (Wildman–Crippen MR) is 72.7 cm³/mol. The third-order valence-corrected chi connectivity index (χ3v) is 3.84. The average molecular weight is 254 g/mol. The summed E-state index contributed by atoms with van der Waals surface area (Å²) in [4.78, 5) is 13.8. The van der Waals surface area contributed by atoms with Crippen LogP contribution >= 0.6 is 11.8 Å². The molecule has 0 atom stereocenters. The minimum absolute atomic E-state index is 0.0546. The highest BCUT2D eigenvalue weighted by Crippen LogP contribution is 2.40. The Morgan fingerprint density at radius 1 is 1.06 bits per heavy atom. The summed E-state index contributed by atoms with van der Waals surface area (Å²) in [6.45, 7) is 0. The van der Waals surface area contributed by atoms with Crippen molar-refractivity contribution >= 4 is 23.6 Å². The third kappa shape index (κ3) is 1.93. The van der Waals surface area contributed by atoms with E-state index in [1.807, 2.05) is 36.4 Å². The number of Topliss-reactive ketones (excluding diaryl/α,β-unsaturated/α-hetero) is 1. The molecule has 2 nitrogen and oxygen atoms in total. The summed E-state index contributed by atoms with van der Waals surface area (Å²) >= 11 is 1.47. The van der Waals surface area contributed by atoms with Crippen molar-refractivity contribution < 1.29 is 9.90 Å². The number of fused-ring (bicyclic) bond motifs is 1. The Labute approximate surface area is 109 Å². The molecule has 0 unspecified atom stereocenters. The lowest BCUT2D eigenvalue weighted by Gasteiger charge is -1.97. The van der Waals surface area contributed by atoms with Crippen molar-refractivity contribution in [1.82, 2.24) is 0 Å². The number of benzene rings is 2. The molecule has 0 radical (unpaired) electrons. The summed E-state index contributed by atoms with van der Waals surface area (Å²) in [5.41, 5.74) is 1.59. The second kappa shape index (κ2) is 4.35. The van der Waals surface area contributed by atoms with E-state index in [0.717, 1.165) is 16.0 Å². The van der Waals surface area contributed by atoms with Crippen LogP contribution in [0.5, 0.6) is 5.75 Å². The molecule has 18 heavy (non-hydrogen) atoms. The van der Waals surface area contributed by atoms with Crippen molar-refractivity contribution in [2.24, 2.45) is 0 Å². The Morgan fingerprint density at radius 2 is 1.89 bits per heavy atom. The molecule has 1 aliphatic rings. The Morgan fingerprint density at radius 3 is 2.67 bits per heavy atom. The fourth-order valence-electron chi connectivity index (χ4n) is 1.90. The van der Waals surface area contributed by atoms with Gasteiger partial charge in [0.25, 0.3) is 0 Å². The topological polar surface area (TPSA) is 37.3 Å². The number of phenols is 1. The lowest BCUT2D eigenvalue weighted by molar-refractivity contribution is 0.104. The van der Waals surface area contributed by atoms with Gasteiger partial charge in [-0.05, 0) is 35.9 Å². The third-order valence-electron chi connectivity index (χ3n) is 2.74. The second-order valence-corrected chi connectivity index (χ2v) is 5.11. The lowest BCUT2D eigenvalue weighted by Crippen LogP contribution is -1.93. The number of carbonyl (C=O) groups excluding carboxylic acids is 1. The summed E-state index contributed by atoms with van der Waals surface area (Å²) in [6.07, 6.45) is 1.81. The first-order valence-electron chi connectivity index (χ1n) is 5.56. The van der Waals surface area contributed by atoms with Gasteiger partial charge in [0.2, 0.25) is 5.78 Å². The van der Waals surface area contributed by atoms with Crippen LogP contribution in [-0.4, -0.2) is 10.9 Å². The summed E-state index contributed by atoms with van der Waals surface area (Å²) in [6, 6.07) is 14.5. The monoisotopic (exact) mass is 254 g/mol. The Kier molecular flexibility index (Phi) is 2.68. The van der Waals surface area contributed by atoms with E-state index in [0.29, 0.717) is 4.91 Å². The average Bonchev–Trinajstić information content (AvgIpc) is 2.67. The Balaban J connectivity index is 1.99. The summed E-state index contributed by atoms with van der Waals surface area (Å²) in [5, 5.41) is 9.41. The first kappa shape index (κ1) is 11.1. The van der Waals surface area contributed by atoms with E-state index in [1.165, 1.54) is 11.8 Å². The van der Waals surface area contributed by atoms with Gasteiger partial charge in [0.05, 0.1) is 4.91 Å². The van der Waals surface area contributed by atoms with Crippen molar-refractivity contribution in [2.75, 3.05) is 0 Å². The van der Waals surface area contributed by atoms with Crippen molar-refractivity contribution in [1.29, 1.82) is 0 Å². The molecular formula is C15H10O2S. The lowest BCUT2D eigenvalue weighted by atomic mass is 10.1. The van der Waals surface area contributed by atoms with Gasteiger partial charge in [-0.3, -0.25) is 4.79 Å². The van der Waals surface area contributed by atoms with E-state index in [4.69, 9.17) is 0 Å². The normalized spacial score (nSPS) is 16.0. The second-order valence-electron chi connectivity index (χ2n) is 4.03. The number of allylic oxidation sites excluding steroid dienone is 1. The number of aromatic hydroxyl groups is 1. The number of hydrogen-bond donors (Lipinski definition) is 1. The van der Waals surface area contributed by atoms with Crippen LogP contribution < -0.4 is 0 Å². The van der Waals surface area contributed by atoms with Crippen molar-refractivity contribution in [3.63, 3.8) is 0 Å². The maximum Gasteiger partial charge on any atom is 0.200 e. The molecule has 0 saturated heterocycles. The molecule has 3 heteroatoms. The molecule has 1 N–H and O–H groups in total. The molecule has 3 rings (SSSR count). The molecular weight excluding hydrogens is 244 g/mol. The van der Waals surface area contributed by atoms with Crippen LogP contribution in [0.15, 0.2) is 58.3 Å². The maximum absolute atomic E-state index is 12.1. The zero-order valence-electron chi connectivity index (χ0n) is 9.46. The quantitative estimate of drug-likeness (QED) is 0.788. The van der Waals surface area contributed by atoms with Gasteiger partial charge in [0.15, 0.2) is 0 Å². The molecule has 0 aliphatic carbocycles. The molecule has 0 aromatic heterocycles. The SMILES string of the molecule is O=C1C(=Cc2cccc(O)c2)Sc2ccccc21. The van der Waals surface area contributed by atoms with Crippen LogP contribution in [0.4, 0.5) is 0 Å². The first-order valence-corrected chi connectivity index (χ1v) is 6.38. The fourth-order valence-corrected chi connectivity index (χ4v) is 2.95. The fraction of sp³-hybridized carbons (Fsp3) is 0. The number of thioether (sulfide) groups is 1. The number of rotatable bonds is 1. The van der Waals surface area contributed by atoms with E-state index in [9.17, 15) is 9.90 Å². The number of carbonyl (C=O) groups is 1. The minimum atomic E-state index is 0.0546. The molecule has 2 aromatic rings. The van der Waals surface area contributed by atoms with E-state index in [-0.39, 0.29) is 11.5 Å². The van der Waals surface area contributed by atoms with Gasteiger partial charge in [-0.15, -0.1) is 0 Å². The van der Waals surface area contributed by atoms with Crippen LogP contribution in [0.3, 0.4) is 0 Å². The zero-order chi connectivity index (χ0) is 12.5. The van der Waals surface area contributed by atoms with Gasteiger partial charge in [-0.1, -0.05) is 36.0 Å². The molecule has 0 amide bonds. The molecule has 88 valence electrons. The van der Waals surface area contributed by atoms with Gasteiger partial charge < -0.3 is 5.11 Å². The Hall–Kier alpha value is -2.00. The maximum atomic E-state index is 12.1. The van der Waals surface area contributed by atoms with Crippen LogP contribution in [0.2, 0.25) is 0 Å². The minimum Gasteiger partial charge on any atom is -0.508 e. The van der Waals surface area contributed by atoms with Crippen molar-refractivity contribution in [2.45, 2.75) is 4.90 Å². The van der Waals surface area contributed by atoms with Crippen LogP contribution in [-0.2, 0) is 0 Å². The zero-order valence-corrected chi connectivity index (χ0v) is 10.3. The first-order chi connectivity index (χ1) is 8.74. The number of hydrogen-bond acceptors (Lipinski definition) is 3. The molecule has 0 saturated carbocycles. The van der Waals surface area contributed by atoms with Crippen LogP contribution in [0.25, 0.3) is 6.08 Å². The highest BCUT2D eigenvalue weighted by Gasteiger charge is 2.24. The molecule has 0 bridgehead atoms. The highest BCUT2D eigenvalue weighted by molar-refractivity contribution is 8.04. The molecule has 1 aliphatic heterocycles. The standard InChI is InChI=1S/C15H10O2S/c16-11-5-3-4-10(8-11)9-14-15(17)12-6-1-2-7-13(12)18-14/h1-9,16H. The van der Waals surface area contributed by atoms with Gasteiger partial charge in [-0.2, -0.15) is 0 Å². The smallest absolute Gasteiger partial charge is 0.200 e. The molecule has 0 fully saturated rings. The van der Waals surface area contributed by atoms with E-state index < -0.39 is 0 Å². The largest absolute Gasteiger partial charge is 0.508 e. The highest BCUT2D eigenvalue weighted by atomic mass is 32.2. The van der Waals surface area contributed by atoms with Crippen LogP contribution in [0.1, 0.15) is 15.9 Å². The number of phenolic OH excluding ortho intramolecular Hbond substituents is 1. The summed E-state index contributed by atoms with van der Waals surface area (Å²) < 4.78 is 0. The number of ketones is 1. The van der Waals surface area contributed by atoms with Gasteiger partial charge in [0.1, 0.15) is 5.75 Å². The van der Waals surface area contributed by atoms with Gasteiger partial charge >= 0.3 is 0 Å². The molecule has 0 spiro atoms. The summed E-state index contributed by atoms with van der Waals surface area (Å²) in [5.74, 6) is 0.260. The van der Waals surface area contributed by atoms with E-state index >= 15 is 0 Å². The van der Waals surface area contributed by atoms with Crippen molar-refractivity contribution in [3.8, 4) is 5.75 Å². The van der Waals surface area contributed by atoms with E-state index in [2.05, 4.69) is 0 Å². The molecule has 2 aromatic carbocycles. The van der Waals surface area contributed by atoms with E-state index in [1.54, 1.807) is 18.2 Å². The van der Waals surface area contributed by atoms with Crippen LogP contribution in [0, 0.1) is 0 Å². The Bertz CT molecular complexity index is 659. The van der Waals surface area contributed by atoms with Gasteiger partial charge in [0, 0.05) is 10.5 Å². The molecule has 1 heterocycles. The van der Waals surface area contributed by atoms with Gasteiger partial charge in [-0.25, -0.2) is 0 Å². The summed E-state index contributed by atoms with van der Waals surface area (Å²) in [7, 11) is 0. The predicted octanol–water partition coefficient (Wildman–Crippen LogP) is 3.72. The van der Waals surface area contributed by atoms with Crippen molar-refractivity contribution in [3.05, 3.63) is 64.6 Å².